The summed E-state index contributed by atoms with van der Waals surface area (Å²) in [6.45, 7) is 4.15. The quantitative estimate of drug-likeness (QED) is 0.612. The predicted molar refractivity (Wildman–Crippen MR) is 76.7 cm³/mol. The number of rotatable bonds is 5. The highest BCUT2D eigenvalue weighted by atomic mass is 32.2. The lowest BCUT2D eigenvalue weighted by atomic mass is 10.1. The molecule has 2 heterocycles. The first-order valence-electron chi connectivity index (χ1n) is 6.11. The van der Waals surface area contributed by atoms with E-state index in [1.807, 2.05) is 18.2 Å². The highest BCUT2D eigenvalue weighted by molar-refractivity contribution is 8.19. The summed E-state index contributed by atoms with van der Waals surface area (Å²) in [5.41, 5.74) is 0.848. The molecule has 1 fully saturated rings. The van der Waals surface area contributed by atoms with Crippen molar-refractivity contribution in [1.29, 1.82) is 0 Å². The maximum atomic E-state index is 12.2. The number of hydrogen-bond donors (Lipinski definition) is 0. The van der Waals surface area contributed by atoms with Crippen molar-refractivity contribution in [2.24, 2.45) is 0 Å². The van der Waals surface area contributed by atoms with Crippen molar-refractivity contribution in [3.63, 3.8) is 0 Å². The second kappa shape index (κ2) is 5.97. The van der Waals surface area contributed by atoms with Crippen molar-refractivity contribution in [1.82, 2.24) is 4.98 Å². The monoisotopic (exact) mass is 283 g/mol. The van der Waals surface area contributed by atoms with Crippen LogP contribution in [0.2, 0.25) is 0 Å². The van der Waals surface area contributed by atoms with Crippen LogP contribution in [0.5, 0.6) is 0 Å². The molecule has 2 rings (SSSR count). The van der Waals surface area contributed by atoms with Crippen LogP contribution in [0.4, 0.5) is 0 Å². The van der Waals surface area contributed by atoms with Crippen LogP contribution in [0.25, 0.3) is 0 Å². The average Bonchev–Trinajstić information content (AvgIpc) is 2.69. The third-order valence-corrected chi connectivity index (χ3v) is 5.67. The molecule has 1 aliphatic rings. The van der Waals surface area contributed by atoms with E-state index in [4.69, 9.17) is 4.74 Å². The van der Waals surface area contributed by atoms with E-state index in [1.165, 1.54) is 0 Å². The fourth-order valence-corrected chi connectivity index (χ4v) is 4.91. The molecule has 0 N–H and O–H groups in total. The molecule has 3 nitrogen and oxygen atoms in total. The van der Waals surface area contributed by atoms with Gasteiger partial charge in [0.1, 0.15) is 6.10 Å². The molecule has 0 bridgehead atoms. The van der Waals surface area contributed by atoms with Gasteiger partial charge in [0.2, 0.25) is 0 Å². The predicted octanol–water partition coefficient (Wildman–Crippen LogP) is 3.27. The van der Waals surface area contributed by atoms with Gasteiger partial charge in [-0.3, -0.25) is 4.98 Å². The standard InChI is InChI=1S/C13H17NO2S2/c1-3-17-13(18-4-2)9-11(16-12(13)15)10-7-5-6-8-14-10/h5-8,11H,3-4,9H2,1-2H3/t11-/m0/s1. The van der Waals surface area contributed by atoms with Gasteiger partial charge in [-0.25, -0.2) is 4.79 Å². The minimum absolute atomic E-state index is 0.100. The molecule has 0 aliphatic carbocycles. The van der Waals surface area contributed by atoms with Crippen LogP contribution in [0.1, 0.15) is 32.1 Å². The van der Waals surface area contributed by atoms with Gasteiger partial charge in [-0.05, 0) is 23.6 Å². The molecule has 18 heavy (non-hydrogen) atoms. The van der Waals surface area contributed by atoms with Crippen molar-refractivity contribution in [2.45, 2.75) is 30.5 Å². The lowest BCUT2D eigenvalue weighted by Gasteiger charge is -2.21. The number of cyclic esters (lactones) is 1. The van der Waals surface area contributed by atoms with Gasteiger partial charge in [0.15, 0.2) is 4.08 Å². The van der Waals surface area contributed by atoms with E-state index in [0.29, 0.717) is 6.42 Å². The molecule has 0 spiro atoms. The number of aromatic nitrogens is 1. The van der Waals surface area contributed by atoms with E-state index in [2.05, 4.69) is 18.8 Å². The Bertz CT molecular complexity index is 405. The Kier molecular flexibility index (Phi) is 4.56. The first kappa shape index (κ1) is 13.7. The lowest BCUT2D eigenvalue weighted by Crippen LogP contribution is -2.26. The van der Waals surface area contributed by atoms with Crippen LogP contribution in [0, 0.1) is 0 Å². The van der Waals surface area contributed by atoms with E-state index in [0.717, 1.165) is 17.2 Å². The second-order valence-electron chi connectivity index (χ2n) is 3.97. The summed E-state index contributed by atoms with van der Waals surface area (Å²) in [7, 11) is 0. The van der Waals surface area contributed by atoms with Crippen molar-refractivity contribution in [3.8, 4) is 0 Å². The number of carbonyl (C=O) groups is 1. The third kappa shape index (κ3) is 2.67. The van der Waals surface area contributed by atoms with Gasteiger partial charge in [0.05, 0.1) is 5.69 Å². The smallest absolute Gasteiger partial charge is 0.333 e. The summed E-state index contributed by atoms with van der Waals surface area (Å²) in [4.78, 5) is 16.5. The van der Waals surface area contributed by atoms with E-state index in [9.17, 15) is 4.79 Å². The maximum Gasteiger partial charge on any atom is 0.333 e. The van der Waals surface area contributed by atoms with Gasteiger partial charge in [0.25, 0.3) is 0 Å². The Morgan fingerprint density at radius 3 is 2.67 bits per heavy atom. The molecule has 1 aliphatic heterocycles. The number of carbonyl (C=O) groups excluding carboxylic acids is 1. The topological polar surface area (TPSA) is 39.2 Å². The van der Waals surface area contributed by atoms with Crippen LogP contribution in [-0.2, 0) is 9.53 Å². The maximum absolute atomic E-state index is 12.2. The molecule has 5 heteroatoms. The normalized spacial score (nSPS) is 21.9. The molecule has 0 saturated carbocycles. The molecule has 98 valence electrons. The zero-order chi connectivity index (χ0) is 13.0. The Labute approximate surface area is 116 Å². The van der Waals surface area contributed by atoms with Crippen molar-refractivity contribution >= 4 is 29.5 Å². The Balaban J connectivity index is 2.19. The number of nitrogens with zero attached hydrogens (tertiary/aromatic N) is 1. The first-order valence-corrected chi connectivity index (χ1v) is 8.09. The number of ether oxygens (including phenoxy) is 1. The van der Waals surface area contributed by atoms with Crippen LogP contribution in [0.15, 0.2) is 24.4 Å². The van der Waals surface area contributed by atoms with E-state index < -0.39 is 4.08 Å². The summed E-state index contributed by atoms with van der Waals surface area (Å²) >= 11 is 3.36. The van der Waals surface area contributed by atoms with Gasteiger partial charge in [-0.15, -0.1) is 23.5 Å². The zero-order valence-corrected chi connectivity index (χ0v) is 12.2. The average molecular weight is 283 g/mol. The van der Waals surface area contributed by atoms with Crippen molar-refractivity contribution in [2.75, 3.05) is 11.5 Å². The fraction of sp³-hybridized carbons (Fsp3) is 0.538. The Morgan fingerprint density at radius 2 is 2.11 bits per heavy atom. The lowest BCUT2D eigenvalue weighted by molar-refractivity contribution is -0.142. The number of thioether (sulfide) groups is 2. The summed E-state index contributed by atoms with van der Waals surface area (Å²) in [6.07, 6.45) is 2.25. The first-order chi connectivity index (χ1) is 8.72. The van der Waals surface area contributed by atoms with Crippen molar-refractivity contribution in [3.05, 3.63) is 30.1 Å². The summed E-state index contributed by atoms with van der Waals surface area (Å²) in [6, 6.07) is 5.71. The Hall–Kier alpha value is -0.680. The van der Waals surface area contributed by atoms with E-state index in [1.54, 1.807) is 29.7 Å². The summed E-state index contributed by atoms with van der Waals surface area (Å²) < 4.78 is 5.09. The van der Waals surface area contributed by atoms with Gasteiger partial charge in [-0.1, -0.05) is 19.9 Å². The minimum Gasteiger partial charge on any atom is -0.454 e. The highest BCUT2D eigenvalue weighted by Crippen LogP contribution is 2.50. The van der Waals surface area contributed by atoms with Crippen LogP contribution in [0.3, 0.4) is 0 Å². The second-order valence-corrected chi connectivity index (χ2v) is 7.36. The molecule has 0 unspecified atom stereocenters. The molecule has 1 aromatic rings. The van der Waals surface area contributed by atoms with Gasteiger partial charge in [0, 0.05) is 12.6 Å². The van der Waals surface area contributed by atoms with Gasteiger partial charge >= 0.3 is 5.97 Å². The van der Waals surface area contributed by atoms with Crippen LogP contribution in [-0.4, -0.2) is 26.5 Å². The molecular formula is C13H17NO2S2. The van der Waals surface area contributed by atoms with E-state index >= 15 is 0 Å². The molecule has 1 saturated heterocycles. The largest absolute Gasteiger partial charge is 0.454 e. The zero-order valence-electron chi connectivity index (χ0n) is 10.6. The van der Waals surface area contributed by atoms with Gasteiger partial charge < -0.3 is 4.74 Å². The van der Waals surface area contributed by atoms with Gasteiger partial charge in [-0.2, -0.15) is 0 Å². The third-order valence-electron chi connectivity index (χ3n) is 2.79. The summed E-state index contributed by atoms with van der Waals surface area (Å²) in [5, 5.41) is 0. The molecular weight excluding hydrogens is 266 g/mol. The van der Waals surface area contributed by atoms with Crippen LogP contribution < -0.4 is 0 Å². The summed E-state index contributed by atoms with van der Waals surface area (Å²) in [5.74, 6) is 1.73. The fourth-order valence-electron chi connectivity index (χ4n) is 2.06. The minimum atomic E-state index is -0.439. The molecule has 0 radical (unpaired) electrons. The van der Waals surface area contributed by atoms with Crippen molar-refractivity contribution < 1.29 is 9.53 Å². The SMILES string of the molecule is CCSC1(SCC)C[C@@H](c2ccccn2)OC1=O. The molecule has 0 amide bonds. The molecule has 1 atom stereocenters. The number of esters is 1. The Morgan fingerprint density at radius 1 is 1.39 bits per heavy atom. The number of hydrogen-bond acceptors (Lipinski definition) is 5. The van der Waals surface area contributed by atoms with E-state index in [-0.39, 0.29) is 12.1 Å². The van der Waals surface area contributed by atoms with Crippen LogP contribution >= 0.6 is 23.5 Å². The highest BCUT2D eigenvalue weighted by Gasteiger charge is 2.50. The molecule has 1 aromatic heterocycles. The number of pyridine rings is 1. The molecule has 0 aromatic carbocycles.